The zero-order valence-corrected chi connectivity index (χ0v) is 17.3. The Labute approximate surface area is 173 Å². The van der Waals surface area contributed by atoms with Crippen molar-refractivity contribution in [1.29, 1.82) is 0 Å². The first-order chi connectivity index (χ1) is 13.9. The summed E-state index contributed by atoms with van der Waals surface area (Å²) in [4.78, 5) is 4.04. The molecule has 0 atom stereocenters. The van der Waals surface area contributed by atoms with Crippen molar-refractivity contribution in [1.82, 2.24) is 4.90 Å². The molecule has 0 amide bonds. The van der Waals surface area contributed by atoms with Crippen LogP contribution < -0.4 is 4.90 Å². The molecule has 7 nitrogen and oxygen atoms in total. The molecule has 1 aromatic rings. The van der Waals surface area contributed by atoms with Gasteiger partial charge in [-0.15, -0.1) is 0 Å². The number of allylic oxidation sites excluding steroid dienone is 3. The molecular weight excluding hydrogens is 392 g/mol. The third-order valence-electron chi connectivity index (χ3n) is 4.60. The number of unbranched alkanes of at least 4 members (excludes halogenated alkanes) is 1. The van der Waals surface area contributed by atoms with E-state index < -0.39 is 10.1 Å². The molecule has 3 N–H and O–H groups in total. The molecule has 0 unspecified atom stereocenters. The standard InChI is InChI=1S/C21H30N2O5S/c24-16-14-23(15-17-25)21-7-5-19(6-8-21)3-4-20-9-12-22(13-10-20)11-1-2-18-29(26,27)28/h3-10,12,24-25H,1-2,11,13-18H2,(H,26,27,28)/b4-3+. The Morgan fingerprint density at radius 1 is 1.03 bits per heavy atom. The van der Waals surface area contributed by atoms with Crippen LogP contribution in [-0.2, 0) is 10.1 Å². The molecule has 8 heteroatoms. The van der Waals surface area contributed by atoms with Crippen LogP contribution in [0.1, 0.15) is 18.4 Å². The van der Waals surface area contributed by atoms with Gasteiger partial charge in [-0.2, -0.15) is 8.42 Å². The Morgan fingerprint density at radius 2 is 1.72 bits per heavy atom. The van der Waals surface area contributed by atoms with Crippen LogP contribution in [0.15, 0.2) is 54.3 Å². The lowest BCUT2D eigenvalue weighted by Gasteiger charge is -2.23. The van der Waals surface area contributed by atoms with E-state index in [0.717, 1.165) is 29.9 Å². The van der Waals surface area contributed by atoms with E-state index in [9.17, 15) is 8.42 Å². The molecule has 0 radical (unpaired) electrons. The highest BCUT2D eigenvalue weighted by Crippen LogP contribution is 2.17. The molecule has 0 spiro atoms. The minimum absolute atomic E-state index is 0.0414. The van der Waals surface area contributed by atoms with E-state index in [2.05, 4.69) is 11.0 Å². The van der Waals surface area contributed by atoms with Crippen LogP contribution in [0.2, 0.25) is 0 Å². The fourth-order valence-corrected chi connectivity index (χ4v) is 3.60. The Morgan fingerprint density at radius 3 is 2.28 bits per heavy atom. The zero-order valence-electron chi connectivity index (χ0n) is 16.5. The molecule has 1 aromatic carbocycles. The van der Waals surface area contributed by atoms with Crippen molar-refractivity contribution in [2.45, 2.75) is 12.8 Å². The van der Waals surface area contributed by atoms with Gasteiger partial charge in [-0.25, -0.2) is 0 Å². The van der Waals surface area contributed by atoms with E-state index in [1.165, 1.54) is 0 Å². The van der Waals surface area contributed by atoms with E-state index in [1.54, 1.807) is 0 Å². The summed E-state index contributed by atoms with van der Waals surface area (Å²) in [5.41, 5.74) is 3.13. The smallest absolute Gasteiger partial charge is 0.264 e. The normalized spacial score (nSPS) is 14.4. The van der Waals surface area contributed by atoms with Gasteiger partial charge in [-0.1, -0.05) is 30.4 Å². The summed E-state index contributed by atoms with van der Waals surface area (Å²) in [6, 6.07) is 7.96. The predicted octanol–water partition coefficient (Wildman–Crippen LogP) is 1.91. The molecule has 1 aliphatic heterocycles. The average molecular weight is 423 g/mol. The van der Waals surface area contributed by atoms with Gasteiger partial charge in [0.2, 0.25) is 0 Å². The molecular formula is C21H30N2O5S. The number of aliphatic hydroxyl groups excluding tert-OH is 2. The van der Waals surface area contributed by atoms with E-state index in [1.807, 2.05) is 53.6 Å². The average Bonchev–Trinajstić information content (AvgIpc) is 2.70. The second-order valence-electron chi connectivity index (χ2n) is 6.87. The number of anilines is 1. The maximum atomic E-state index is 10.7. The molecule has 1 heterocycles. The largest absolute Gasteiger partial charge is 0.395 e. The second kappa shape index (κ2) is 11.8. The Bertz CT molecular complexity index is 810. The van der Waals surface area contributed by atoms with Gasteiger partial charge in [0.1, 0.15) is 0 Å². The van der Waals surface area contributed by atoms with Crippen molar-refractivity contribution in [2.75, 3.05) is 50.0 Å². The summed E-state index contributed by atoms with van der Waals surface area (Å²) in [6.07, 6.45) is 11.4. The fraction of sp³-hybridized carbons (Fsp3) is 0.429. The van der Waals surface area contributed by atoms with Crippen molar-refractivity contribution < 1.29 is 23.2 Å². The minimum atomic E-state index is -3.87. The monoisotopic (exact) mass is 422 g/mol. The van der Waals surface area contributed by atoms with Crippen LogP contribution in [0.4, 0.5) is 5.69 Å². The highest BCUT2D eigenvalue weighted by Gasteiger charge is 2.07. The lowest BCUT2D eigenvalue weighted by Crippen LogP contribution is -2.29. The molecule has 0 saturated heterocycles. The summed E-state index contributed by atoms with van der Waals surface area (Å²) in [5.74, 6) is -0.190. The SMILES string of the molecule is O=S(=O)(O)CCCCN1C=CC(/C=C/c2ccc(N(CCO)CCO)cc2)=CC1. The van der Waals surface area contributed by atoms with E-state index in [-0.39, 0.29) is 19.0 Å². The molecule has 1 aliphatic rings. The first-order valence-electron chi connectivity index (χ1n) is 9.73. The second-order valence-corrected chi connectivity index (χ2v) is 8.44. The first-order valence-corrected chi connectivity index (χ1v) is 11.3. The lowest BCUT2D eigenvalue weighted by atomic mass is 10.1. The predicted molar refractivity (Wildman–Crippen MR) is 116 cm³/mol. The zero-order chi connectivity index (χ0) is 21.1. The number of benzene rings is 1. The third-order valence-corrected chi connectivity index (χ3v) is 5.41. The van der Waals surface area contributed by atoms with E-state index >= 15 is 0 Å². The highest BCUT2D eigenvalue weighted by molar-refractivity contribution is 7.85. The van der Waals surface area contributed by atoms with Gasteiger partial charge in [0, 0.05) is 31.9 Å². The Kier molecular flexibility index (Phi) is 9.40. The maximum absolute atomic E-state index is 10.7. The van der Waals surface area contributed by atoms with Crippen molar-refractivity contribution >= 4 is 21.9 Å². The molecule has 0 aliphatic carbocycles. The molecule has 160 valence electrons. The van der Waals surface area contributed by atoms with Gasteiger partial charge in [-0.05, 0) is 48.4 Å². The van der Waals surface area contributed by atoms with Gasteiger partial charge >= 0.3 is 0 Å². The summed E-state index contributed by atoms with van der Waals surface area (Å²) in [5, 5.41) is 18.3. The van der Waals surface area contributed by atoms with Crippen LogP contribution in [0.5, 0.6) is 0 Å². The fourth-order valence-electron chi connectivity index (χ4n) is 3.03. The summed E-state index contributed by atoms with van der Waals surface area (Å²) in [6.45, 7) is 2.57. The molecule has 29 heavy (non-hydrogen) atoms. The van der Waals surface area contributed by atoms with Gasteiger partial charge < -0.3 is 20.0 Å². The Hall–Kier alpha value is -2.13. The van der Waals surface area contributed by atoms with Gasteiger partial charge in [-0.3, -0.25) is 4.55 Å². The van der Waals surface area contributed by atoms with E-state index in [4.69, 9.17) is 14.8 Å². The van der Waals surface area contributed by atoms with Crippen molar-refractivity contribution in [2.24, 2.45) is 0 Å². The molecule has 0 saturated carbocycles. The van der Waals surface area contributed by atoms with Crippen LogP contribution in [0.3, 0.4) is 0 Å². The molecule has 0 aromatic heterocycles. The lowest BCUT2D eigenvalue weighted by molar-refractivity contribution is 0.281. The van der Waals surface area contributed by atoms with Crippen LogP contribution >= 0.6 is 0 Å². The quantitative estimate of drug-likeness (QED) is 0.349. The third kappa shape index (κ3) is 8.82. The summed E-state index contributed by atoms with van der Waals surface area (Å²) in [7, 11) is -3.87. The first kappa shape index (κ1) is 23.2. The molecule has 2 rings (SSSR count). The number of rotatable bonds is 12. The maximum Gasteiger partial charge on any atom is 0.264 e. The van der Waals surface area contributed by atoms with Crippen LogP contribution in [-0.4, -0.2) is 73.2 Å². The number of hydrogen-bond acceptors (Lipinski definition) is 6. The summed E-state index contributed by atoms with van der Waals surface area (Å²) >= 11 is 0. The summed E-state index contributed by atoms with van der Waals surface area (Å²) < 4.78 is 30.2. The van der Waals surface area contributed by atoms with Gasteiger partial charge in [0.25, 0.3) is 10.1 Å². The van der Waals surface area contributed by atoms with Crippen molar-refractivity contribution in [3.8, 4) is 0 Å². The topological polar surface area (TPSA) is 101 Å². The van der Waals surface area contributed by atoms with Crippen LogP contribution in [0.25, 0.3) is 6.08 Å². The highest BCUT2D eigenvalue weighted by atomic mass is 32.2. The van der Waals surface area contributed by atoms with Gasteiger partial charge in [0.05, 0.1) is 19.0 Å². The molecule has 0 fully saturated rings. The number of nitrogens with zero attached hydrogens (tertiary/aromatic N) is 2. The molecule has 0 bridgehead atoms. The van der Waals surface area contributed by atoms with Crippen molar-refractivity contribution in [3.63, 3.8) is 0 Å². The Balaban J connectivity index is 1.82. The number of hydrogen-bond donors (Lipinski definition) is 3. The van der Waals surface area contributed by atoms with E-state index in [0.29, 0.717) is 25.9 Å². The van der Waals surface area contributed by atoms with Crippen LogP contribution in [0, 0.1) is 0 Å². The van der Waals surface area contributed by atoms with Crippen molar-refractivity contribution in [3.05, 3.63) is 59.8 Å². The van der Waals surface area contributed by atoms with Gasteiger partial charge in [0.15, 0.2) is 0 Å². The number of aliphatic hydroxyl groups is 2. The minimum Gasteiger partial charge on any atom is -0.395 e.